The molecule has 1 heterocycles. The van der Waals surface area contributed by atoms with Gasteiger partial charge in [0.2, 0.25) is 0 Å². The van der Waals surface area contributed by atoms with Crippen LogP contribution in [0.4, 0.5) is 0 Å². The minimum atomic E-state index is 0.648. The summed E-state index contributed by atoms with van der Waals surface area (Å²) in [5.74, 6) is 1.95. The summed E-state index contributed by atoms with van der Waals surface area (Å²) >= 11 is 0. The van der Waals surface area contributed by atoms with Gasteiger partial charge in [-0.2, -0.15) is 0 Å². The molecule has 7 aromatic rings. The van der Waals surface area contributed by atoms with Crippen LogP contribution >= 0.6 is 0 Å². The van der Waals surface area contributed by atoms with Gasteiger partial charge in [-0.15, -0.1) is 0 Å². The second-order valence-electron chi connectivity index (χ2n) is 10.6. The number of nitrogens with zero attached hydrogens (tertiary/aromatic N) is 3. The molecule has 0 atom stereocenters. The predicted molar refractivity (Wildman–Crippen MR) is 181 cm³/mol. The molecule has 0 amide bonds. The Balaban J connectivity index is 1.34. The second-order valence-corrected chi connectivity index (χ2v) is 10.6. The lowest BCUT2D eigenvalue weighted by Crippen LogP contribution is -2.05. The van der Waals surface area contributed by atoms with Gasteiger partial charge in [0.25, 0.3) is 0 Å². The Morgan fingerprint density at radius 3 is 1.00 bits per heavy atom. The lowest BCUT2D eigenvalue weighted by atomic mass is 9.89. The molecule has 6 aromatic carbocycles. The van der Waals surface area contributed by atoms with Crippen molar-refractivity contribution in [2.75, 3.05) is 0 Å². The van der Waals surface area contributed by atoms with Crippen LogP contribution in [0.2, 0.25) is 0 Å². The average Bonchev–Trinajstić information content (AvgIpc) is 3.09. The Hall–Kier alpha value is -5.61. The zero-order valence-corrected chi connectivity index (χ0v) is 23.9. The minimum Gasteiger partial charge on any atom is -0.208 e. The van der Waals surface area contributed by atoms with Gasteiger partial charge in [0, 0.05) is 16.7 Å². The summed E-state index contributed by atoms with van der Waals surface area (Å²) in [7, 11) is 2.11. The predicted octanol–water partition coefficient (Wildman–Crippen LogP) is 8.13. The van der Waals surface area contributed by atoms with Crippen LogP contribution in [0.1, 0.15) is 0 Å². The SMILES string of the molecule is Bc1cc(-c2ccccc2)cc(-c2nc(-c3ccc(-c4ccccc4)cc3)nc(-c3ccc(-c4ccccc4)cc3)n2)c1. The van der Waals surface area contributed by atoms with Crippen molar-refractivity contribution in [1.82, 2.24) is 15.0 Å². The molecule has 0 N–H and O–H groups in total. The van der Waals surface area contributed by atoms with Crippen LogP contribution in [0.15, 0.2) is 158 Å². The van der Waals surface area contributed by atoms with Gasteiger partial charge >= 0.3 is 0 Å². The smallest absolute Gasteiger partial charge is 0.164 e. The molecule has 0 aliphatic carbocycles. The fourth-order valence-electron chi connectivity index (χ4n) is 5.36. The number of aromatic nitrogens is 3. The van der Waals surface area contributed by atoms with Crippen molar-refractivity contribution in [2.45, 2.75) is 0 Å². The van der Waals surface area contributed by atoms with E-state index in [0.29, 0.717) is 17.5 Å². The third kappa shape index (κ3) is 5.77. The molecule has 0 unspecified atom stereocenters. The van der Waals surface area contributed by atoms with Gasteiger partial charge in [-0.1, -0.05) is 157 Å². The minimum absolute atomic E-state index is 0.648. The molecule has 0 radical (unpaired) electrons. The summed E-state index contributed by atoms with van der Waals surface area (Å²) < 4.78 is 0. The maximum atomic E-state index is 5.02. The van der Waals surface area contributed by atoms with E-state index in [0.717, 1.165) is 44.4 Å². The van der Waals surface area contributed by atoms with Crippen LogP contribution in [-0.4, -0.2) is 22.8 Å². The summed E-state index contributed by atoms with van der Waals surface area (Å²) in [5.41, 5.74) is 11.0. The van der Waals surface area contributed by atoms with Gasteiger partial charge in [-0.3, -0.25) is 0 Å². The summed E-state index contributed by atoms with van der Waals surface area (Å²) in [6.45, 7) is 0. The van der Waals surface area contributed by atoms with E-state index in [9.17, 15) is 0 Å². The monoisotopic (exact) mass is 549 g/mol. The highest BCUT2D eigenvalue weighted by atomic mass is 15.0. The summed E-state index contributed by atoms with van der Waals surface area (Å²) in [4.78, 5) is 15.0. The van der Waals surface area contributed by atoms with Crippen molar-refractivity contribution in [3.8, 4) is 67.5 Å². The molecule has 0 aliphatic heterocycles. The van der Waals surface area contributed by atoms with E-state index in [2.05, 4.69) is 147 Å². The third-order valence-electron chi connectivity index (χ3n) is 7.58. The molecule has 0 saturated heterocycles. The molecular weight excluding hydrogens is 521 g/mol. The van der Waals surface area contributed by atoms with Crippen LogP contribution < -0.4 is 5.46 Å². The Morgan fingerprint density at radius 2 is 0.581 bits per heavy atom. The van der Waals surface area contributed by atoms with E-state index in [1.165, 1.54) is 11.1 Å². The second kappa shape index (κ2) is 11.7. The van der Waals surface area contributed by atoms with E-state index < -0.39 is 0 Å². The van der Waals surface area contributed by atoms with E-state index in [1.54, 1.807) is 0 Å². The molecule has 0 saturated carbocycles. The molecule has 0 spiro atoms. The average molecular weight is 549 g/mol. The maximum absolute atomic E-state index is 5.02. The third-order valence-corrected chi connectivity index (χ3v) is 7.58. The number of benzene rings is 6. The van der Waals surface area contributed by atoms with Crippen molar-refractivity contribution in [2.24, 2.45) is 0 Å². The molecule has 0 fully saturated rings. The van der Waals surface area contributed by atoms with Gasteiger partial charge in [0.1, 0.15) is 7.85 Å². The Morgan fingerprint density at radius 1 is 0.279 bits per heavy atom. The Bertz CT molecular complexity index is 1890. The van der Waals surface area contributed by atoms with Crippen LogP contribution in [0, 0.1) is 0 Å². The Labute approximate surface area is 253 Å². The van der Waals surface area contributed by atoms with Crippen LogP contribution in [0.5, 0.6) is 0 Å². The number of rotatable bonds is 6. The van der Waals surface area contributed by atoms with E-state index in [1.807, 2.05) is 18.2 Å². The lowest BCUT2D eigenvalue weighted by molar-refractivity contribution is 1.07. The molecule has 3 nitrogen and oxygen atoms in total. The number of hydrogen-bond donors (Lipinski definition) is 0. The first-order valence-corrected chi connectivity index (χ1v) is 14.4. The highest BCUT2D eigenvalue weighted by molar-refractivity contribution is 6.33. The van der Waals surface area contributed by atoms with Crippen molar-refractivity contribution in [3.63, 3.8) is 0 Å². The molecule has 0 aliphatic rings. The quantitative estimate of drug-likeness (QED) is 0.197. The van der Waals surface area contributed by atoms with Crippen molar-refractivity contribution in [3.05, 3.63) is 158 Å². The fourth-order valence-corrected chi connectivity index (χ4v) is 5.36. The largest absolute Gasteiger partial charge is 0.208 e. The molecule has 43 heavy (non-hydrogen) atoms. The highest BCUT2D eigenvalue weighted by Gasteiger charge is 2.14. The number of hydrogen-bond acceptors (Lipinski definition) is 3. The van der Waals surface area contributed by atoms with Crippen LogP contribution in [-0.2, 0) is 0 Å². The normalized spacial score (nSPS) is 10.9. The molecule has 4 heteroatoms. The van der Waals surface area contributed by atoms with Gasteiger partial charge < -0.3 is 0 Å². The highest BCUT2D eigenvalue weighted by Crippen LogP contribution is 2.30. The van der Waals surface area contributed by atoms with Crippen LogP contribution in [0.25, 0.3) is 67.5 Å². The zero-order chi connectivity index (χ0) is 29.0. The summed E-state index contributed by atoms with van der Waals surface area (Å²) in [5, 5.41) is 0. The maximum Gasteiger partial charge on any atom is 0.164 e. The van der Waals surface area contributed by atoms with E-state index >= 15 is 0 Å². The summed E-state index contributed by atoms with van der Waals surface area (Å²) in [6, 6.07) is 54.6. The fraction of sp³-hybridized carbons (Fsp3) is 0. The van der Waals surface area contributed by atoms with Gasteiger partial charge in [0.15, 0.2) is 17.5 Å². The lowest BCUT2D eigenvalue weighted by Gasteiger charge is -2.11. The van der Waals surface area contributed by atoms with Crippen molar-refractivity contribution in [1.29, 1.82) is 0 Å². The van der Waals surface area contributed by atoms with Crippen LogP contribution in [0.3, 0.4) is 0 Å². The van der Waals surface area contributed by atoms with Gasteiger partial charge in [-0.25, -0.2) is 15.0 Å². The first-order chi connectivity index (χ1) is 21.2. The molecule has 202 valence electrons. The standard InChI is InChI=1S/C39H28BN3/c40-36-25-34(29-14-8-3-9-15-29)24-35(26-36)39-42-37(32-20-16-30(17-21-32)27-10-4-1-5-11-27)41-38(43-39)33-22-18-31(19-23-33)28-12-6-2-7-13-28/h1-26H,40H2. The molecule has 7 rings (SSSR count). The van der Waals surface area contributed by atoms with Crippen molar-refractivity contribution < 1.29 is 0 Å². The molecule has 1 aromatic heterocycles. The first-order valence-electron chi connectivity index (χ1n) is 14.4. The molecule has 0 bridgehead atoms. The van der Waals surface area contributed by atoms with Gasteiger partial charge in [0.05, 0.1) is 0 Å². The van der Waals surface area contributed by atoms with Gasteiger partial charge in [-0.05, 0) is 39.4 Å². The van der Waals surface area contributed by atoms with E-state index in [-0.39, 0.29) is 0 Å². The zero-order valence-electron chi connectivity index (χ0n) is 23.9. The van der Waals surface area contributed by atoms with E-state index in [4.69, 9.17) is 15.0 Å². The molecular formula is C39H28BN3. The first kappa shape index (κ1) is 26.3. The van der Waals surface area contributed by atoms with Crippen molar-refractivity contribution >= 4 is 13.3 Å². The topological polar surface area (TPSA) is 38.7 Å². The summed E-state index contributed by atoms with van der Waals surface area (Å²) in [6.07, 6.45) is 0. The Kier molecular flexibility index (Phi) is 7.16.